The Balaban J connectivity index is 0.00000180. The minimum Gasteiger partial charge on any atom is -0.376 e. The Bertz CT molecular complexity index is 386. The average molecular weight is 283 g/mol. The molecule has 1 aliphatic heterocycles. The van der Waals surface area contributed by atoms with Crippen molar-refractivity contribution in [3.05, 3.63) is 30.3 Å². The van der Waals surface area contributed by atoms with Crippen LogP contribution in [-0.2, 0) is 4.79 Å². The van der Waals surface area contributed by atoms with Gasteiger partial charge in [0, 0.05) is 17.8 Å². The van der Waals surface area contributed by atoms with Gasteiger partial charge in [-0.3, -0.25) is 4.79 Å². The van der Waals surface area contributed by atoms with Gasteiger partial charge in [-0.2, -0.15) is 0 Å². The molecule has 0 spiro atoms. The number of carbonyl (C=O) groups is 1. The predicted molar refractivity (Wildman–Crippen MR) is 81.8 cm³/mol. The van der Waals surface area contributed by atoms with Crippen LogP contribution in [0.5, 0.6) is 0 Å². The lowest BCUT2D eigenvalue weighted by Gasteiger charge is -2.39. The molecule has 0 aliphatic carbocycles. The number of nitrogens with zero attached hydrogens (tertiary/aromatic N) is 1. The number of para-hydroxylation sites is 1. The number of anilines is 1. The van der Waals surface area contributed by atoms with E-state index < -0.39 is 0 Å². The van der Waals surface area contributed by atoms with E-state index in [-0.39, 0.29) is 18.3 Å². The second kappa shape index (κ2) is 7.39. The maximum atomic E-state index is 12.3. The van der Waals surface area contributed by atoms with Gasteiger partial charge < -0.3 is 10.2 Å². The summed E-state index contributed by atoms with van der Waals surface area (Å²) in [4.78, 5) is 14.3. The highest BCUT2D eigenvalue weighted by Gasteiger charge is 2.28. The minimum atomic E-state index is 0. The Kier molecular flexibility index (Phi) is 6.16. The first kappa shape index (κ1) is 15.8. The number of hydrogen-bond donors (Lipinski definition) is 1. The van der Waals surface area contributed by atoms with Crippen LogP contribution in [0.15, 0.2) is 30.3 Å². The van der Waals surface area contributed by atoms with E-state index in [1.54, 1.807) is 0 Å². The first-order chi connectivity index (χ1) is 8.68. The standard InChI is InChI=1S/C15H22N2O.ClH/c1-12-7-6-8-13(2)17(12)15(18)11-16-14-9-4-3-5-10-14;/h3-5,9-10,12-13,16H,6-8,11H2,1-2H3;1H. The highest BCUT2D eigenvalue weighted by Crippen LogP contribution is 2.22. The van der Waals surface area contributed by atoms with Crippen molar-refractivity contribution in [1.82, 2.24) is 4.90 Å². The van der Waals surface area contributed by atoms with Gasteiger partial charge in [0.25, 0.3) is 0 Å². The molecule has 0 bridgehead atoms. The summed E-state index contributed by atoms with van der Waals surface area (Å²) in [6.45, 7) is 4.69. The van der Waals surface area contributed by atoms with Gasteiger partial charge in [0.1, 0.15) is 0 Å². The molecule has 1 N–H and O–H groups in total. The van der Waals surface area contributed by atoms with Crippen molar-refractivity contribution >= 4 is 24.0 Å². The summed E-state index contributed by atoms with van der Waals surface area (Å²) < 4.78 is 0. The van der Waals surface area contributed by atoms with E-state index in [1.165, 1.54) is 6.42 Å². The van der Waals surface area contributed by atoms with Gasteiger partial charge in [0.15, 0.2) is 0 Å². The molecule has 1 aromatic rings. The molecular weight excluding hydrogens is 260 g/mol. The lowest BCUT2D eigenvalue weighted by Crippen LogP contribution is -2.49. The molecule has 3 nitrogen and oxygen atoms in total. The maximum Gasteiger partial charge on any atom is 0.242 e. The number of benzene rings is 1. The van der Waals surface area contributed by atoms with Crippen LogP contribution >= 0.6 is 12.4 Å². The molecule has 2 atom stereocenters. The fraction of sp³-hybridized carbons (Fsp3) is 0.533. The van der Waals surface area contributed by atoms with Crippen LogP contribution in [0.3, 0.4) is 0 Å². The topological polar surface area (TPSA) is 32.3 Å². The van der Waals surface area contributed by atoms with Crippen LogP contribution in [0.25, 0.3) is 0 Å². The van der Waals surface area contributed by atoms with Gasteiger partial charge in [0.05, 0.1) is 6.54 Å². The zero-order valence-corrected chi connectivity index (χ0v) is 12.5. The third-order valence-corrected chi connectivity index (χ3v) is 3.70. The number of carbonyl (C=O) groups excluding carboxylic acids is 1. The van der Waals surface area contributed by atoms with E-state index in [1.807, 2.05) is 35.2 Å². The van der Waals surface area contributed by atoms with E-state index in [2.05, 4.69) is 19.2 Å². The van der Waals surface area contributed by atoms with E-state index in [9.17, 15) is 4.79 Å². The number of halogens is 1. The van der Waals surface area contributed by atoms with Crippen molar-refractivity contribution in [2.24, 2.45) is 0 Å². The maximum absolute atomic E-state index is 12.3. The average Bonchev–Trinajstić information content (AvgIpc) is 2.37. The van der Waals surface area contributed by atoms with E-state index in [0.29, 0.717) is 18.6 Å². The molecule has 0 saturated carbocycles. The van der Waals surface area contributed by atoms with Gasteiger partial charge in [-0.1, -0.05) is 18.2 Å². The van der Waals surface area contributed by atoms with Gasteiger partial charge in [-0.25, -0.2) is 0 Å². The minimum absolute atomic E-state index is 0. The largest absolute Gasteiger partial charge is 0.376 e. The van der Waals surface area contributed by atoms with Gasteiger partial charge in [-0.15, -0.1) is 12.4 Å². The van der Waals surface area contributed by atoms with Crippen molar-refractivity contribution in [2.45, 2.75) is 45.2 Å². The number of likely N-dealkylation sites (tertiary alicyclic amines) is 1. The Morgan fingerprint density at radius 1 is 1.21 bits per heavy atom. The van der Waals surface area contributed by atoms with Crippen LogP contribution in [-0.4, -0.2) is 29.4 Å². The number of nitrogens with one attached hydrogen (secondary N) is 1. The fourth-order valence-electron chi connectivity index (χ4n) is 2.74. The molecule has 1 heterocycles. The molecule has 0 aromatic heterocycles. The van der Waals surface area contributed by atoms with Crippen LogP contribution in [0.1, 0.15) is 33.1 Å². The number of hydrogen-bond acceptors (Lipinski definition) is 2. The number of piperidine rings is 1. The summed E-state index contributed by atoms with van der Waals surface area (Å²) in [6, 6.07) is 10.6. The molecule has 106 valence electrons. The van der Waals surface area contributed by atoms with Crippen LogP contribution in [0.4, 0.5) is 5.69 Å². The van der Waals surface area contributed by atoms with Crippen molar-refractivity contribution < 1.29 is 4.79 Å². The molecule has 1 amide bonds. The second-order valence-corrected chi connectivity index (χ2v) is 5.15. The highest BCUT2D eigenvalue weighted by atomic mass is 35.5. The first-order valence-electron chi connectivity index (χ1n) is 6.78. The summed E-state index contributed by atoms with van der Waals surface area (Å²) in [5, 5.41) is 3.19. The Labute approximate surface area is 121 Å². The van der Waals surface area contributed by atoms with Gasteiger partial charge in [0.2, 0.25) is 5.91 Å². The molecule has 2 rings (SSSR count). The molecule has 1 fully saturated rings. The molecule has 1 aliphatic rings. The second-order valence-electron chi connectivity index (χ2n) is 5.15. The van der Waals surface area contributed by atoms with Crippen LogP contribution < -0.4 is 5.32 Å². The first-order valence-corrected chi connectivity index (χ1v) is 6.78. The Hall–Kier alpha value is -1.22. The lowest BCUT2D eigenvalue weighted by molar-refractivity contribution is -0.135. The summed E-state index contributed by atoms with van der Waals surface area (Å²) >= 11 is 0. The molecule has 4 heteroatoms. The number of rotatable bonds is 3. The summed E-state index contributed by atoms with van der Waals surface area (Å²) in [7, 11) is 0. The third kappa shape index (κ3) is 4.13. The molecule has 19 heavy (non-hydrogen) atoms. The van der Waals surface area contributed by atoms with Crippen molar-refractivity contribution in [2.75, 3.05) is 11.9 Å². The number of amides is 1. The Morgan fingerprint density at radius 3 is 2.37 bits per heavy atom. The molecule has 0 radical (unpaired) electrons. The quantitative estimate of drug-likeness (QED) is 0.922. The molecule has 1 saturated heterocycles. The van der Waals surface area contributed by atoms with E-state index in [4.69, 9.17) is 0 Å². The molecule has 1 aromatic carbocycles. The predicted octanol–water partition coefficient (Wildman–Crippen LogP) is 3.31. The van der Waals surface area contributed by atoms with Gasteiger partial charge >= 0.3 is 0 Å². The zero-order chi connectivity index (χ0) is 13.0. The van der Waals surface area contributed by atoms with Crippen molar-refractivity contribution in [1.29, 1.82) is 0 Å². The van der Waals surface area contributed by atoms with Crippen LogP contribution in [0.2, 0.25) is 0 Å². The summed E-state index contributed by atoms with van der Waals surface area (Å²) in [5.41, 5.74) is 1.00. The van der Waals surface area contributed by atoms with E-state index in [0.717, 1.165) is 18.5 Å². The van der Waals surface area contributed by atoms with Crippen molar-refractivity contribution in [3.8, 4) is 0 Å². The Morgan fingerprint density at radius 2 is 1.79 bits per heavy atom. The molecule has 2 unspecified atom stereocenters. The zero-order valence-electron chi connectivity index (χ0n) is 11.6. The van der Waals surface area contributed by atoms with Gasteiger partial charge in [-0.05, 0) is 45.2 Å². The third-order valence-electron chi connectivity index (χ3n) is 3.70. The van der Waals surface area contributed by atoms with E-state index >= 15 is 0 Å². The highest BCUT2D eigenvalue weighted by molar-refractivity contribution is 5.85. The SMILES string of the molecule is CC1CCCC(C)N1C(=O)CNc1ccccc1.Cl. The van der Waals surface area contributed by atoms with Crippen molar-refractivity contribution in [3.63, 3.8) is 0 Å². The summed E-state index contributed by atoms with van der Waals surface area (Å²) in [5.74, 6) is 0.207. The lowest BCUT2D eigenvalue weighted by atomic mass is 9.97. The fourth-order valence-corrected chi connectivity index (χ4v) is 2.74. The smallest absolute Gasteiger partial charge is 0.242 e. The van der Waals surface area contributed by atoms with Crippen LogP contribution in [0, 0.1) is 0 Å². The normalized spacial score (nSPS) is 22.5. The monoisotopic (exact) mass is 282 g/mol. The molecular formula is C15H23ClN2O. The summed E-state index contributed by atoms with van der Waals surface area (Å²) in [6.07, 6.45) is 3.49.